The Hall–Kier alpha value is 0.0200. The molecule has 1 aromatic heterocycles. The largest absolute Gasteiger partial charge is 0.237 e. The molecule has 0 unspecified atom stereocenters. The smallest absolute Gasteiger partial charge is 0.148 e. The van der Waals surface area contributed by atoms with Crippen LogP contribution in [-0.4, -0.2) is 4.98 Å². The van der Waals surface area contributed by atoms with Crippen LogP contribution in [0.5, 0.6) is 0 Å². The third-order valence-corrected chi connectivity index (χ3v) is 3.36. The van der Waals surface area contributed by atoms with Crippen LogP contribution < -0.4 is 0 Å². The second-order valence-corrected chi connectivity index (χ2v) is 5.40. The first-order valence-electron chi connectivity index (χ1n) is 4.90. The van der Waals surface area contributed by atoms with Crippen LogP contribution in [-0.2, 0) is 5.41 Å². The van der Waals surface area contributed by atoms with E-state index in [1.807, 2.05) is 0 Å². The molecule has 0 aliphatic carbocycles. The Morgan fingerprint density at radius 1 is 1.20 bits per heavy atom. The second-order valence-electron chi connectivity index (χ2n) is 4.23. The molecule has 0 aliphatic heterocycles. The molecule has 4 heteroatoms. The molecule has 1 rings (SSSR count). The minimum atomic E-state index is -0.0694. The molecule has 0 saturated carbocycles. The Kier molecular flexibility index (Phi) is 4.28. The van der Waals surface area contributed by atoms with Gasteiger partial charge in [0.05, 0.1) is 15.7 Å². The number of rotatable bonds is 3. The maximum absolute atomic E-state index is 6.12. The van der Waals surface area contributed by atoms with Crippen LogP contribution in [0, 0.1) is 0 Å². The molecule has 0 bridgehead atoms. The summed E-state index contributed by atoms with van der Waals surface area (Å²) in [4.78, 5) is 4.26. The maximum atomic E-state index is 6.12. The quantitative estimate of drug-likeness (QED) is 0.692. The van der Waals surface area contributed by atoms with Gasteiger partial charge in [-0.1, -0.05) is 62.0 Å². The van der Waals surface area contributed by atoms with Gasteiger partial charge in [-0.2, -0.15) is 0 Å². The molecule has 0 spiro atoms. The highest BCUT2D eigenvalue weighted by atomic mass is 35.5. The van der Waals surface area contributed by atoms with Crippen molar-refractivity contribution in [2.24, 2.45) is 0 Å². The minimum Gasteiger partial charge on any atom is -0.237 e. The lowest BCUT2D eigenvalue weighted by atomic mass is 9.84. The van der Waals surface area contributed by atoms with E-state index in [1.54, 1.807) is 6.07 Å². The summed E-state index contributed by atoms with van der Waals surface area (Å²) in [6.07, 6.45) is 2.09. The van der Waals surface area contributed by atoms with Gasteiger partial charge in [0.15, 0.2) is 0 Å². The summed E-state index contributed by atoms with van der Waals surface area (Å²) >= 11 is 17.8. The molecule has 0 fully saturated rings. The highest BCUT2D eigenvalue weighted by Crippen LogP contribution is 2.35. The van der Waals surface area contributed by atoms with E-state index < -0.39 is 0 Å². The zero-order valence-electron chi connectivity index (χ0n) is 9.07. The normalized spacial score (nSPS) is 11.9. The zero-order chi connectivity index (χ0) is 11.6. The predicted molar refractivity (Wildman–Crippen MR) is 67.2 cm³/mol. The van der Waals surface area contributed by atoms with Gasteiger partial charge in [0.25, 0.3) is 0 Å². The topological polar surface area (TPSA) is 12.9 Å². The molecule has 1 nitrogen and oxygen atoms in total. The van der Waals surface area contributed by atoms with Crippen molar-refractivity contribution in [3.63, 3.8) is 0 Å². The lowest BCUT2D eigenvalue weighted by Gasteiger charge is -2.24. The molecule has 0 atom stereocenters. The minimum absolute atomic E-state index is 0.0694. The fourth-order valence-electron chi connectivity index (χ4n) is 1.66. The molecule has 0 saturated heterocycles. The predicted octanol–water partition coefficient (Wildman–Crippen LogP) is 5.12. The molecule has 0 aliphatic rings. The molecule has 15 heavy (non-hydrogen) atoms. The summed E-state index contributed by atoms with van der Waals surface area (Å²) in [6.45, 7) is 6.34. The average molecular weight is 267 g/mol. The van der Waals surface area contributed by atoms with Crippen molar-refractivity contribution in [1.29, 1.82) is 0 Å². The number of aromatic nitrogens is 1. The summed E-state index contributed by atoms with van der Waals surface area (Å²) in [5, 5.41) is 1.31. The van der Waals surface area contributed by atoms with Crippen molar-refractivity contribution in [1.82, 2.24) is 4.98 Å². The van der Waals surface area contributed by atoms with Crippen molar-refractivity contribution in [2.75, 3.05) is 0 Å². The van der Waals surface area contributed by atoms with Crippen LogP contribution in [0.3, 0.4) is 0 Å². The molecule has 84 valence electrons. The van der Waals surface area contributed by atoms with Crippen LogP contribution in [0.15, 0.2) is 6.07 Å². The van der Waals surface area contributed by atoms with Gasteiger partial charge >= 0.3 is 0 Å². The average Bonchev–Trinajstić information content (AvgIpc) is 2.11. The number of hydrogen-bond donors (Lipinski definition) is 0. The summed E-state index contributed by atoms with van der Waals surface area (Å²) in [5.74, 6) is 0. The standard InChI is InChI=1S/C11H14Cl3N/c1-4-5-11(2,3)9-7(12)6-8(13)10(14)15-9/h6H,4-5H2,1-3H3. The van der Waals surface area contributed by atoms with Gasteiger partial charge in [0.1, 0.15) is 5.15 Å². The van der Waals surface area contributed by atoms with Crippen LogP contribution in [0.1, 0.15) is 39.3 Å². The molecule has 0 aromatic carbocycles. The summed E-state index contributed by atoms with van der Waals surface area (Å²) in [6, 6.07) is 1.66. The number of nitrogens with zero attached hydrogens (tertiary/aromatic N) is 1. The first kappa shape index (κ1) is 13.1. The monoisotopic (exact) mass is 265 g/mol. The maximum Gasteiger partial charge on any atom is 0.148 e. The van der Waals surface area contributed by atoms with E-state index in [0.717, 1.165) is 18.5 Å². The third-order valence-electron chi connectivity index (χ3n) is 2.40. The van der Waals surface area contributed by atoms with Gasteiger partial charge in [0.2, 0.25) is 0 Å². The van der Waals surface area contributed by atoms with Gasteiger partial charge in [-0.15, -0.1) is 0 Å². The molecule has 0 radical (unpaired) electrons. The van der Waals surface area contributed by atoms with Crippen molar-refractivity contribution < 1.29 is 0 Å². The van der Waals surface area contributed by atoms with Crippen molar-refractivity contribution in [3.8, 4) is 0 Å². The highest BCUT2D eigenvalue weighted by Gasteiger charge is 2.25. The summed E-state index contributed by atoms with van der Waals surface area (Å²) in [5.41, 5.74) is 0.750. The van der Waals surface area contributed by atoms with Gasteiger partial charge in [0, 0.05) is 5.41 Å². The summed E-state index contributed by atoms with van der Waals surface area (Å²) in [7, 11) is 0. The summed E-state index contributed by atoms with van der Waals surface area (Å²) < 4.78 is 0. The SMILES string of the molecule is CCCC(C)(C)c1nc(Cl)c(Cl)cc1Cl. The Bertz CT molecular complexity index is 361. The fraction of sp³-hybridized carbons (Fsp3) is 0.545. The van der Waals surface area contributed by atoms with Crippen molar-refractivity contribution in [2.45, 2.75) is 39.0 Å². The van der Waals surface area contributed by atoms with Gasteiger partial charge in [-0.05, 0) is 12.5 Å². The fourth-order valence-corrected chi connectivity index (χ4v) is 2.42. The van der Waals surface area contributed by atoms with Crippen LogP contribution >= 0.6 is 34.8 Å². The van der Waals surface area contributed by atoms with Gasteiger partial charge < -0.3 is 0 Å². The van der Waals surface area contributed by atoms with Gasteiger partial charge in [-0.25, -0.2) is 4.98 Å². The number of halogens is 3. The lowest BCUT2D eigenvalue weighted by Crippen LogP contribution is -2.19. The van der Waals surface area contributed by atoms with E-state index in [-0.39, 0.29) is 5.41 Å². The van der Waals surface area contributed by atoms with Crippen molar-refractivity contribution in [3.05, 3.63) is 27.0 Å². The van der Waals surface area contributed by atoms with Gasteiger partial charge in [-0.3, -0.25) is 0 Å². The third kappa shape index (κ3) is 2.99. The van der Waals surface area contributed by atoms with Crippen LogP contribution in [0.2, 0.25) is 15.2 Å². The highest BCUT2D eigenvalue weighted by molar-refractivity contribution is 6.42. The number of hydrogen-bond acceptors (Lipinski definition) is 1. The van der Waals surface area contributed by atoms with Crippen LogP contribution in [0.25, 0.3) is 0 Å². The first-order chi connectivity index (χ1) is 6.88. The van der Waals surface area contributed by atoms with E-state index in [0.29, 0.717) is 15.2 Å². The Labute approximate surface area is 106 Å². The molecule has 0 N–H and O–H groups in total. The second kappa shape index (κ2) is 4.90. The Morgan fingerprint density at radius 3 is 2.33 bits per heavy atom. The molecule has 1 aromatic rings. The molecular weight excluding hydrogens is 252 g/mol. The molecular formula is C11H14Cl3N. The Balaban J connectivity index is 3.19. The van der Waals surface area contributed by atoms with E-state index >= 15 is 0 Å². The van der Waals surface area contributed by atoms with E-state index in [9.17, 15) is 0 Å². The zero-order valence-corrected chi connectivity index (χ0v) is 11.3. The van der Waals surface area contributed by atoms with E-state index in [1.165, 1.54) is 0 Å². The first-order valence-corrected chi connectivity index (χ1v) is 6.04. The van der Waals surface area contributed by atoms with Crippen LogP contribution in [0.4, 0.5) is 0 Å². The Morgan fingerprint density at radius 2 is 1.80 bits per heavy atom. The lowest BCUT2D eigenvalue weighted by molar-refractivity contribution is 0.460. The molecule has 1 heterocycles. The van der Waals surface area contributed by atoms with E-state index in [2.05, 4.69) is 25.8 Å². The number of pyridine rings is 1. The van der Waals surface area contributed by atoms with Crippen molar-refractivity contribution >= 4 is 34.8 Å². The molecule has 0 amide bonds. The van der Waals surface area contributed by atoms with E-state index in [4.69, 9.17) is 34.8 Å².